The third-order valence-electron chi connectivity index (χ3n) is 7.05. The van der Waals surface area contributed by atoms with Crippen molar-refractivity contribution in [1.29, 1.82) is 0 Å². The van der Waals surface area contributed by atoms with E-state index < -0.39 is 21.8 Å². The number of likely N-dealkylation sites (tertiary alicyclic amines) is 1. The first-order valence-corrected chi connectivity index (χ1v) is 12.8. The number of nitrogens with one attached hydrogen (secondary N) is 1. The maximum absolute atomic E-state index is 14.1. The highest BCUT2D eigenvalue weighted by Crippen LogP contribution is 2.55. The molecule has 2 fully saturated rings. The van der Waals surface area contributed by atoms with Crippen molar-refractivity contribution in [3.05, 3.63) is 52.8 Å². The van der Waals surface area contributed by atoms with E-state index in [1.807, 2.05) is 0 Å². The van der Waals surface area contributed by atoms with Gasteiger partial charge < -0.3 is 14.7 Å². The molecule has 33 heavy (non-hydrogen) atoms. The van der Waals surface area contributed by atoms with Gasteiger partial charge in [0.05, 0.1) is 17.2 Å². The van der Waals surface area contributed by atoms with Gasteiger partial charge in [0.25, 0.3) is 10.0 Å². The van der Waals surface area contributed by atoms with Crippen molar-refractivity contribution in [2.24, 2.45) is 11.8 Å². The smallest absolute Gasteiger partial charge is 0.341 e. The molecule has 2 aromatic carbocycles. The van der Waals surface area contributed by atoms with Crippen LogP contribution in [-0.2, 0) is 16.4 Å². The minimum absolute atomic E-state index is 0.0314. The van der Waals surface area contributed by atoms with Crippen LogP contribution in [0.15, 0.2) is 35.2 Å². The lowest BCUT2D eigenvalue weighted by molar-refractivity contribution is 0.0692. The molecule has 0 radical (unpaired) electrons. The lowest BCUT2D eigenvalue weighted by atomic mass is 9.98. The number of nitrogens with zero attached hydrogens (tertiary/aromatic N) is 1. The number of carboxylic acids is 1. The van der Waals surface area contributed by atoms with Crippen molar-refractivity contribution < 1.29 is 27.4 Å². The van der Waals surface area contributed by atoms with Crippen LogP contribution >= 0.6 is 0 Å². The molecule has 1 unspecified atom stereocenters. The zero-order chi connectivity index (χ0) is 23.3. The number of fused-ring (bicyclic) bond motifs is 3. The van der Waals surface area contributed by atoms with Crippen LogP contribution in [0.4, 0.5) is 10.1 Å². The minimum atomic E-state index is -4.16. The second-order valence-electron chi connectivity index (χ2n) is 9.23. The summed E-state index contributed by atoms with van der Waals surface area (Å²) < 4.78 is 48.9. The molecule has 5 rings (SSSR count). The summed E-state index contributed by atoms with van der Waals surface area (Å²) in [7, 11) is -4.16. The minimum Gasteiger partial charge on any atom is -0.492 e. The van der Waals surface area contributed by atoms with E-state index in [-0.39, 0.29) is 33.7 Å². The van der Waals surface area contributed by atoms with E-state index in [9.17, 15) is 22.7 Å². The number of ether oxygens (including phenoxy) is 1. The van der Waals surface area contributed by atoms with Crippen molar-refractivity contribution in [3.8, 4) is 5.75 Å². The molecule has 0 spiro atoms. The lowest BCUT2D eigenvalue weighted by Gasteiger charge is -2.21. The molecule has 0 bridgehead atoms. The summed E-state index contributed by atoms with van der Waals surface area (Å²) in [6.45, 7) is 5.22. The van der Waals surface area contributed by atoms with Gasteiger partial charge in [-0.15, -0.1) is 0 Å². The summed E-state index contributed by atoms with van der Waals surface area (Å²) in [5.74, 6) is -0.599. The Bertz CT molecular complexity index is 1220. The zero-order valence-electron chi connectivity index (χ0n) is 18.4. The van der Waals surface area contributed by atoms with Crippen molar-refractivity contribution >= 4 is 21.7 Å². The molecule has 2 aromatic rings. The Kier molecular flexibility index (Phi) is 5.56. The Morgan fingerprint density at radius 3 is 2.85 bits per heavy atom. The molecule has 3 atom stereocenters. The van der Waals surface area contributed by atoms with Crippen LogP contribution in [0.1, 0.15) is 47.2 Å². The second kappa shape index (κ2) is 8.29. The fourth-order valence-electron chi connectivity index (χ4n) is 5.19. The van der Waals surface area contributed by atoms with Crippen LogP contribution in [-0.4, -0.2) is 50.6 Å². The number of carboxylic acid groups (broad SMARTS) is 1. The molecule has 2 heterocycles. The number of halogens is 1. The fourth-order valence-corrected chi connectivity index (χ4v) is 6.50. The lowest BCUT2D eigenvalue weighted by Crippen LogP contribution is -2.22. The fraction of sp³-hybridized carbons (Fsp3) is 0.458. The summed E-state index contributed by atoms with van der Waals surface area (Å²) in [5.41, 5.74) is 0.987. The van der Waals surface area contributed by atoms with Gasteiger partial charge in [0.1, 0.15) is 17.1 Å². The van der Waals surface area contributed by atoms with E-state index in [1.54, 1.807) is 6.07 Å². The van der Waals surface area contributed by atoms with Crippen molar-refractivity contribution in [2.75, 3.05) is 31.0 Å². The summed E-state index contributed by atoms with van der Waals surface area (Å²) in [6.07, 6.45) is 2.31. The predicted molar refractivity (Wildman–Crippen MR) is 121 cm³/mol. The van der Waals surface area contributed by atoms with Crippen LogP contribution in [0.3, 0.4) is 0 Å². The van der Waals surface area contributed by atoms with Gasteiger partial charge in [-0.1, -0.05) is 13.0 Å². The van der Waals surface area contributed by atoms with Crippen LogP contribution in [0.2, 0.25) is 0 Å². The topological polar surface area (TPSA) is 95.9 Å². The van der Waals surface area contributed by atoms with E-state index in [2.05, 4.69) is 16.5 Å². The Balaban J connectivity index is 1.47. The van der Waals surface area contributed by atoms with E-state index >= 15 is 0 Å². The number of anilines is 1. The van der Waals surface area contributed by atoms with Gasteiger partial charge in [0, 0.05) is 12.5 Å². The van der Waals surface area contributed by atoms with Crippen molar-refractivity contribution in [2.45, 2.75) is 37.0 Å². The largest absolute Gasteiger partial charge is 0.492 e. The summed E-state index contributed by atoms with van der Waals surface area (Å²) in [5, 5.41) is 9.85. The molecule has 1 saturated heterocycles. The highest BCUT2D eigenvalue weighted by Gasteiger charge is 2.45. The van der Waals surface area contributed by atoms with E-state index in [0.29, 0.717) is 24.5 Å². The highest BCUT2D eigenvalue weighted by atomic mass is 32.2. The maximum atomic E-state index is 14.1. The molecule has 1 saturated carbocycles. The standard InChI is InChI=1S/C24H27FN2O5S/c1-2-27-8-7-14(12-27)9-15-10-17(25)3-6-21(15)33(30,31)26-20-5-4-18-19-11-16(19)13-32-23(18)22(20)24(28)29/h3-6,10,14,16,19,26H,2,7-9,11-13H2,1H3,(H,28,29)/t14?,16-,19-/m0/s1. The predicted octanol–water partition coefficient (Wildman–Crippen LogP) is 3.70. The Labute approximate surface area is 192 Å². The Morgan fingerprint density at radius 2 is 2.12 bits per heavy atom. The molecule has 1 aliphatic carbocycles. The first kappa shape index (κ1) is 22.2. The number of carbonyl (C=O) groups is 1. The normalized spacial score (nSPS) is 24.0. The van der Waals surface area contributed by atoms with E-state index in [1.165, 1.54) is 18.2 Å². The molecule has 0 amide bonds. The molecule has 2 aliphatic heterocycles. The van der Waals surface area contributed by atoms with Gasteiger partial charge in [-0.05, 0) is 79.6 Å². The Morgan fingerprint density at radius 1 is 1.30 bits per heavy atom. The molecule has 9 heteroatoms. The molecular formula is C24H27FN2O5S. The first-order valence-electron chi connectivity index (χ1n) is 11.3. The van der Waals surface area contributed by atoms with Crippen LogP contribution in [0, 0.1) is 17.7 Å². The SMILES string of the molecule is CCN1CCC(Cc2cc(F)ccc2S(=O)(=O)Nc2ccc3c(c2C(=O)O)OC[C@@H]2C[C@H]32)C1. The van der Waals surface area contributed by atoms with Crippen molar-refractivity contribution in [3.63, 3.8) is 0 Å². The third kappa shape index (κ3) is 4.19. The monoisotopic (exact) mass is 474 g/mol. The molecule has 3 aliphatic rings. The maximum Gasteiger partial charge on any atom is 0.341 e. The summed E-state index contributed by atoms with van der Waals surface area (Å²) in [4.78, 5) is 14.3. The van der Waals surface area contributed by atoms with Gasteiger partial charge in [0.2, 0.25) is 0 Å². The number of sulfonamides is 1. The first-order chi connectivity index (χ1) is 15.8. The van der Waals surface area contributed by atoms with Gasteiger partial charge in [0.15, 0.2) is 0 Å². The third-order valence-corrected chi connectivity index (χ3v) is 8.51. The van der Waals surface area contributed by atoms with Gasteiger partial charge in [-0.3, -0.25) is 4.72 Å². The summed E-state index contributed by atoms with van der Waals surface area (Å²) >= 11 is 0. The molecule has 2 N–H and O–H groups in total. The summed E-state index contributed by atoms with van der Waals surface area (Å²) in [6, 6.07) is 6.87. The molecule has 176 valence electrons. The van der Waals surface area contributed by atoms with E-state index in [4.69, 9.17) is 4.74 Å². The number of benzene rings is 2. The Hall–Kier alpha value is -2.65. The number of rotatable bonds is 7. The second-order valence-corrected chi connectivity index (χ2v) is 10.9. The zero-order valence-corrected chi connectivity index (χ0v) is 19.2. The van der Waals surface area contributed by atoms with Crippen molar-refractivity contribution in [1.82, 2.24) is 4.90 Å². The van der Waals surface area contributed by atoms with E-state index in [0.717, 1.165) is 44.1 Å². The number of hydrogen-bond acceptors (Lipinski definition) is 5. The average Bonchev–Trinajstić information content (AvgIpc) is 3.43. The number of hydrogen-bond donors (Lipinski definition) is 2. The van der Waals surface area contributed by atoms with Gasteiger partial charge in [-0.2, -0.15) is 0 Å². The van der Waals surface area contributed by atoms with Crippen LogP contribution in [0.5, 0.6) is 5.75 Å². The quantitative estimate of drug-likeness (QED) is 0.635. The van der Waals surface area contributed by atoms with Gasteiger partial charge in [-0.25, -0.2) is 17.6 Å². The average molecular weight is 475 g/mol. The van der Waals surface area contributed by atoms with Gasteiger partial charge >= 0.3 is 5.97 Å². The number of aromatic carboxylic acids is 1. The molecule has 0 aromatic heterocycles. The van der Waals surface area contributed by atoms with Crippen LogP contribution in [0.25, 0.3) is 0 Å². The van der Waals surface area contributed by atoms with Crippen LogP contribution < -0.4 is 9.46 Å². The molecular weight excluding hydrogens is 447 g/mol. The highest BCUT2D eigenvalue weighted by molar-refractivity contribution is 7.92. The molecule has 7 nitrogen and oxygen atoms in total.